The van der Waals surface area contributed by atoms with Gasteiger partial charge in [0.25, 0.3) is 0 Å². The number of rotatable bonds is 1. The summed E-state index contributed by atoms with van der Waals surface area (Å²) in [5.41, 5.74) is 0.352. The second-order valence-corrected chi connectivity index (χ2v) is 6.21. The van der Waals surface area contributed by atoms with Crippen LogP contribution in [0.25, 0.3) is 0 Å². The van der Waals surface area contributed by atoms with Gasteiger partial charge in [-0.25, -0.2) is 9.97 Å². The van der Waals surface area contributed by atoms with Gasteiger partial charge in [0.1, 0.15) is 5.82 Å². The lowest BCUT2D eigenvalue weighted by atomic mass is 9.78. The number of halogens is 3. The fraction of sp³-hybridized carbons (Fsp3) is 0.778. The summed E-state index contributed by atoms with van der Waals surface area (Å²) < 4.78 is 38.0. The van der Waals surface area contributed by atoms with Crippen LogP contribution in [0.15, 0.2) is 12.3 Å². The van der Waals surface area contributed by atoms with Crippen LogP contribution in [0.4, 0.5) is 19.0 Å². The summed E-state index contributed by atoms with van der Waals surface area (Å²) in [5.74, 6) is -0.667. The average Bonchev–Trinajstić information content (AvgIpc) is 2.99. The quantitative estimate of drug-likeness (QED) is 0.740. The Morgan fingerprint density at radius 1 is 1.00 bits per heavy atom. The largest absolute Gasteiger partial charge is 0.451 e. The van der Waals surface area contributed by atoms with E-state index in [4.69, 9.17) is 0 Å². The lowest BCUT2D eigenvalue weighted by Gasteiger charge is -2.39. The highest BCUT2D eigenvalue weighted by molar-refractivity contribution is 5.38. The van der Waals surface area contributed by atoms with Crippen molar-refractivity contribution in [2.75, 3.05) is 38.1 Å². The summed E-state index contributed by atoms with van der Waals surface area (Å²) in [4.78, 5) is 11.3. The molecule has 0 aromatic carbocycles. The number of nitrogens with zero attached hydrogens (tertiary/aromatic N) is 4. The number of piperidine rings is 1. The van der Waals surface area contributed by atoms with Crippen LogP contribution in [-0.2, 0) is 6.18 Å². The zero-order valence-electron chi connectivity index (χ0n) is 16.0. The molecule has 0 saturated carbocycles. The van der Waals surface area contributed by atoms with Gasteiger partial charge in [-0.1, -0.05) is 27.7 Å². The first-order valence-corrected chi connectivity index (χ1v) is 9.22. The zero-order valence-corrected chi connectivity index (χ0v) is 16.0. The molecule has 0 aliphatic carbocycles. The van der Waals surface area contributed by atoms with Crippen LogP contribution >= 0.6 is 0 Å². The highest BCUT2D eigenvalue weighted by Crippen LogP contribution is 2.40. The van der Waals surface area contributed by atoms with Crippen molar-refractivity contribution in [1.29, 1.82) is 0 Å². The van der Waals surface area contributed by atoms with Gasteiger partial charge in [0.15, 0.2) is 0 Å². The molecule has 3 rings (SSSR count). The van der Waals surface area contributed by atoms with Gasteiger partial charge >= 0.3 is 6.18 Å². The van der Waals surface area contributed by atoms with E-state index in [0.29, 0.717) is 11.2 Å². The molecule has 25 heavy (non-hydrogen) atoms. The molecular weight excluding hydrogens is 329 g/mol. The van der Waals surface area contributed by atoms with E-state index in [0.717, 1.165) is 39.0 Å². The van der Waals surface area contributed by atoms with Gasteiger partial charge in [-0.2, -0.15) is 13.2 Å². The van der Waals surface area contributed by atoms with E-state index >= 15 is 0 Å². The minimum atomic E-state index is -4.48. The molecule has 4 nitrogen and oxygen atoms in total. The predicted molar refractivity (Wildman–Crippen MR) is 95.7 cm³/mol. The van der Waals surface area contributed by atoms with Gasteiger partial charge in [-0.15, -0.1) is 0 Å². The van der Waals surface area contributed by atoms with Crippen LogP contribution in [0.5, 0.6) is 0 Å². The topological polar surface area (TPSA) is 32.3 Å². The third-order valence-corrected chi connectivity index (χ3v) is 4.67. The molecule has 1 aromatic rings. The number of alkyl halides is 3. The summed E-state index contributed by atoms with van der Waals surface area (Å²) in [5, 5.41) is 0. The molecule has 7 heteroatoms. The van der Waals surface area contributed by atoms with Crippen molar-refractivity contribution in [3.63, 3.8) is 0 Å². The lowest BCUT2D eigenvalue weighted by Crippen LogP contribution is -2.41. The molecule has 144 valence electrons. The molecule has 2 aliphatic rings. The first-order chi connectivity index (χ1) is 11.9. The van der Waals surface area contributed by atoms with Crippen LogP contribution in [0.3, 0.4) is 0 Å². The van der Waals surface area contributed by atoms with Crippen molar-refractivity contribution >= 4 is 5.82 Å². The van der Waals surface area contributed by atoms with E-state index in [1.165, 1.54) is 12.6 Å². The van der Waals surface area contributed by atoms with Gasteiger partial charge in [0, 0.05) is 25.8 Å². The van der Waals surface area contributed by atoms with Crippen LogP contribution in [-0.4, -0.2) is 48.1 Å². The van der Waals surface area contributed by atoms with Gasteiger partial charge in [0.05, 0.1) is 0 Å². The molecule has 3 heterocycles. The average molecular weight is 360 g/mol. The van der Waals surface area contributed by atoms with E-state index in [9.17, 15) is 13.2 Å². The van der Waals surface area contributed by atoms with Gasteiger partial charge in [0.2, 0.25) is 5.82 Å². The van der Waals surface area contributed by atoms with E-state index in [2.05, 4.69) is 21.9 Å². The Labute approximate surface area is 149 Å². The highest BCUT2D eigenvalue weighted by Gasteiger charge is 2.40. The number of hydrogen-bond acceptors (Lipinski definition) is 4. The smallest absolute Gasteiger partial charge is 0.356 e. The fourth-order valence-electron chi connectivity index (χ4n) is 3.44. The molecule has 0 amide bonds. The van der Waals surface area contributed by atoms with E-state index in [1.54, 1.807) is 6.07 Å². The summed E-state index contributed by atoms with van der Waals surface area (Å²) in [6.45, 7) is 11.7. The Morgan fingerprint density at radius 3 is 2.04 bits per heavy atom. The summed E-state index contributed by atoms with van der Waals surface area (Å²) >= 11 is 0. The van der Waals surface area contributed by atoms with Crippen molar-refractivity contribution in [3.05, 3.63) is 18.1 Å². The maximum absolute atomic E-state index is 12.7. The monoisotopic (exact) mass is 360 g/mol. The standard InChI is InChI=1S/C14H19F3N4.2C2H6/c1-20-7-3-13(10-20)4-8-21(9-5-13)11-2-6-18-12(19-11)14(15,16)17;2*1-2/h2,6H,3-5,7-10H2,1H3;2*1-2H3. The van der Waals surface area contributed by atoms with Crippen LogP contribution in [0.1, 0.15) is 52.8 Å². The van der Waals surface area contributed by atoms with Crippen LogP contribution < -0.4 is 4.90 Å². The maximum atomic E-state index is 12.7. The molecule has 0 radical (unpaired) electrons. The Kier molecular flexibility index (Phi) is 8.12. The van der Waals surface area contributed by atoms with E-state index in [1.807, 2.05) is 32.6 Å². The Hall–Kier alpha value is -1.37. The Bertz CT molecular complexity index is 511. The maximum Gasteiger partial charge on any atom is 0.451 e. The number of anilines is 1. The third-order valence-electron chi connectivity index (χ3n) is 4.67. The molecule has 0 N–H and O–H groups in total. The first-order valence-electron chi connectivity index (χ1n) is 9.22. The van der Waals surface area contributed by atoms with Gasteiger partial charge < -0.3 is 9.80 Å². The van der Waals surface area contributed by atoms with Crippen molar-refractivity contribution in [2.45, 2.75) is 53.1 Å². The summed E-state index contributed by atoms with van der Waals surface area (Å²) in [6.07, 6.45) is -0.0691. The predicted octanol–water partition coefficient (Wildman–Crippen LogP) is 4.47. The molecule has 2 aliphatic heterocycles. The number of hydrogen-bond donors (Lipinski definition) is 0. The molecular formula is C18H31F3N4. The fourth-order valence-corrected chi connectivity index (χ4v) is 3.44. The van der Waals surface area contributed by atoms with Gasteiger partial charge in [-0.3, -0.25) is 0 Å². The summed E-state index contributed by atoms with van der Waals surface area (Å²) in [6, 6.07) is 1.56. The number of aromatic nitrogens is 2. The van der Waals surface area contributed by atoms with Crippen molar-refractivity contribution in [2.24, 2.45) is 5.41 Å². The van der Waals surface area contributed by atoms with Crippen LogP contribution in [0, 0.1) is 5.41 Å². The Morgan fingerprint density at radius 2 is 1.56 bits per heavy atom. The second kappa shape index (κ2) is 9.36. The minimum Gasteiger partial charge on any atom is -0.356 e. The summed E-state index contributed by atoms with van der Waals surface area (Å²) in [7, 11) is 2.13. The van der Waals surface area contributed by atoms with E-state index < -0.39 is 12.0 Å². The Balaban J connectivity index is 0.000000730. The lowest BCUT2D eigenvalue weighted by molar-refractivity contribution is -0.144. The first kappa shape index (κ1) is 21.7. The minimum absolute atomic E-state index is 0.352. The van der Waals surface area contributed by atoms with E-state index in [-0.39, 0.29) is 0 Å². The molecule has 2 saturated heterocycles. The third kappa shape index (κ3) is 5.56. The van der Waals surface area contributed by atoms with Crippen molar-refractivity contribution in [1.82, 2.24) is 14.9 Å². The van der Waals surface area contributed by atoms with Crippen molar-refractivity contribution < 1.29 is 13.2 Å². The molecule has 0 bridgehead atoms. The second-order valence-electron chi connectivity index (χ2n) is 6.21. The molecule has 0 atom stereocenters. The highest BCUT2D eigenvalue weighted by atomic mass is 19.4. The molecule has 1 spiro atoms. The zero-order chi connectivity index (χ0) is 19.1. The number of likely N-dealkylation sites (tertiary alicyclic amines) is 1. The normalized spacial score (nSPS) is 19.8. The molecule has 0 unspecified atom stereocenters. The van der Waals surface area contributed by atoms with Crippen LogP contribution in [0.2, 0.25) is 0 Å². The molecule has 2 fully saturated rings. The van der Waals surface area contributed by atoms with Gasteiger partial charge in [-0.05, 0) is 44.3 Å². The SMILES string of the molecule is CC.CC.CN1CCC2(CCN(c3ccnc(C(F)(F)F)n3)CC2)C1. The molecule has 1 aromatic heterocycles. The van der Waals surface area contributed by atoms with Crippen molar-refractivity contribution in [3.8, 4) is 0 Å².